The van der Waals surface area contributed by atoms with Gasteiger partial charge in [0, 0.05) is 26.2 Å². The maximum atomic E-state index is 12.6. The van der Waals surface area contributed by atoms with Gasteiger partial charge in [-0.1, -0.05) is 6.92 Å². The molecule has 1 aromatic rings. The van der Waals surface area contributed by atoms with E-state index in [4.69, 9.17) is 4.74 Å². The number of likely N-dealkylation sites (N-methyl/N-ethyl adjacent to an activating group) is 1. The lowest BCUT2D eigenvalue weighted by Crippen LogP contribution is -2.48. The Morgan fingerprint density at radius 2 is 1.68 bits per heavy atom. The molecule has 0 spiro atoms. The molecule has 7 heteroatoms. The van der Waals surface area contributed by atoms with Crippen LogP contribution in [-0.4, -0.2) is 62.9 Å². The Morgan fingerprint density at radius 1 is 1.09 bits per heavy atom. The van der Waals surface area contributed by atoms with Gasteiger partial charge in [0.1, 0.15) is 0 Å². The van der Waals surface area contributed by atoms with E-state index in [2.05, 4.69) is 11.8 Å². The van der Waals surface area contributed by atoms with Gasteiger partial charge >= 0.3 is 5.97 Å². The lowest BCUT2D eigenvalue weighted by molar-refractivity contribution is 0.0526. The molecule has 0 atom stereocenters. The van der Waals surface area contributed by atoms with Gasteiger partial charge in [-0.25, -0.2) is 13.2 Å². The lowest BCUT2D eigenvalue weighted by Gasteiger charge is -2.33. The second-order valence-corrected chi connectivity index (χ2v) is 7.02. The molecule has 0 bridgehead atoms. The van der Waals surface area contributed by atoms with Gasteiger partial charge in [0.05, 0.1) is 17.1 Å². The van der Waals surface area contributed by atoms with Gasteiger partial charge in [-0.05, 0) is 37.7 Å². The van der Waals surface area contributed by atoms with E-state index in [1.807, 2.05) is 0 Å². The number of carbonyl (C=O) groups excluding carboxylic acids is 1. The third-order valence-electron chi connectivity index (χ3n) is 3.78. The van der Waals surface area contributed by atoms with E-state index in [-0.39, 0.29) is 4.90 Å². The molecule has 0 N–H and O–H groups in total. The minimum atomic E-state index is -3.49. The second kappa shape index (κ2) is 7.21. The lowest BCUT2D eigenvalue weighted by atomic mass is 10.2. The van der Waals surface area contributed by atoms with Crippen molar-refractivity contribution < 1.29 is 17.9 Å². The molecule has 122 valence electrons. The maximum Gasteiger partial charge on any atom is 0.338 e. The number of benzene rings is 1. The third kappa shape index (κ3) is 3.66. The van der Waals surface area contributed by atoms with Crippen LogP contribution < -0.4 is 0 Å². The smallest absolute Gasteiger partial charge is 0.338 e. The van der Waals surface area contributed by atoms with E-state index < -0.39 is 16.0 Å². The van der Waals surface area contributed by atoms with Gasteiger partial charge in [0.25, 0.3) is 0 Å². The number of ether oxygens (including phenoxy) is 1. The Morgan fingerprint density at radius 3 is 2.18 bits per heavy atom. The molecule has 1 aliphatic heterocycles. The molecule has 1 fully saturated rings. The summed E-state index contributed by atoms with van der Waals surface area (Å²) in [6.45, 7) is 7.51. The highest BCUT2D eigenvalue weighted by atomic mass is 32.2. The van der Waals surface area contributed by atoms with E-state index in [1.54, 1.807) is 6.92 Å². The van der Waals surface area contributed by atoms with E-state index in [9.17, 15) is 13.2 Å². The second-order valence-electron chi connectivity index (χ2n) is 5.08. The van der Waals surface area contributed by atoms with Gasteiger partial charge < -0.3 is 9.64 Å². The highest BCUT2D eigenvalue weighted by Gasteiger charge is 2.28. The number of hydrogen-bond donors (Lipinski definition) is 0. The molecule has 0 aliphatic carbocycles. The number of hydrogen-bond acceptors (Lipinski definition) is 5. The summed E-state index contributed by atoms with van der Waals surface area (Å²) < 4.78 is 31.5. The number of rotatable bonds is 5. The van der Waals surface area contributed by atoms with Gasteiger partial charge in [-0.3, -0.25) is 0 Å². The fourth-order valence-corrected chi connectivity index (χ4v) is 3.83. The van der Waals surface area contributed by atoms with E-state index >= 15 is 0 Å². The summed E-state index contributed by atoms with van der Waals surface area (Å²) in [5, 5.41) is 0. The molecule has 1 heterocycles. The van der Waals surface area contributed by atoms with Crippen molar-refractivity contribution in [2.45, 2.75) is 18.7 Å². The Balaban J connectivity index is 2.11. The SMILES string of the molecule is CCOC(=O)c1ccc(S(=O)(=O)N2CCN(CC)CC2)cc1. The van der Waals surface area contributed by atoms with Crippen molar-refractivity contribution in [1.82, 2.24) is 9.21 Å². The molecular formula is C15H22N2O4S. The molecule has 0 radical (unpaired) electrons. The van der Waals surface area contributed by atoms with Crippen LogP contribution in [0.5, 0.6) is 0 Å². The van der Waals surface area contributed by atoms with Crippen LogP contribution in [-0.2, 0) is 14.8 Å². The monoisotopic (exact) mass is 326 g/mol. The van der Waals surface area contributed by atoms with Crippen molar-refractivity contribution in [2.24, 2.45) is 0 Å². The van der Waals surface area contributed by atoms with Crippen molar-refractivity contribution in [2.75, 3.05) is 39.3 Å². The van der Waals surface area contributed by atoms with Crippen LogP contribution >= 0.6 is 0 Å². The Kier molecular flexibility index (Phi) is 5.55. The summed E-state index contributed by atoms with van der Waals surface area (Å²) in [5.74, 6) is -0.442. The Hall–Kier alpha value is -1.44. The van der Waals surface area contributed by atoms with Crippen LogP contribution in [0.15, 0.2) is 29.2 Å². The maximum absolute atomic E-state index is 12.6. The van der Waals surface area contributed by atoms with Crippen LogP contribution in [0.1, 0.15) is 24.2 Å². The largest absolute Gasteiger partial charge is 0.462 e. The molecule has 0 saturated carbocycles. The summed E-state index contributed by atoms with van der Waals surface area (Å²) >= 11 is 0. The van der Waals surface area contributed by atoms with Gasteiger partial charge in [0.15, 0.2) is 0 Å². The van der Waals surface area contributed by atoms with E-state index in [1.165, 1.54) is 28.6 Å². The first-order valence-corrected chi connectivity index (χ1v) is 8.92. The minimum absolute atomic E-state index is 0.213. The van der Waals surface area contributed by atoms with Crippen molar-refractivity contribution in [3.8, 4) is 0 Å². The molecular weight excluding hydrogens is 304 g/mol. The van der Waals surface area contributed by atoms with Crippen LogP contribution in [0.3, 0.4) is 0 Å². The van der Waals surface area contributed by atoms with Gasteiger partial charge in [-0.2, -0.15) is 4.31 Å². The van der Waals surface area contributed by atoms with Crippen molar-refractivity contribution in [3.63, 3.8) is 0 Å². The minimum Gasteiger partial charge on any atom is -0.462 e. The fourth-order valence-electron chi connectivity index (χ4n) is 2.41. The molecule has 1 aliphatic rings. The predicted molar refractivity (Wildman–Crippen MR) is 83.3 cm³/mol. The van der Waals surface area contributed by atoms with Crippen LogP contribution in [0.4, 0.5) is 0 Å². The van der Waals surface area contributed by atoms with Crippen LogP contribution in [0, 0.1) is 0 Å². The van der Waals surface area contributed by atoms with Crippen LogP contribution in [0.25, 0.3) is 0 Å². The normalized spacial score (nSPS) is 17.4. The summed E-state index contributed by atoms with van der Waals surface area (Å²) in [7, 11) is -3.49. The van der Waals surface area contributed by atoms with Gasteiger partial charge in [0.2, 0.25) is 10.0 Å². The standard InChI is InChI=1S/C15H22N2O4S/c1-3-16-9-11-17(12-10-16)22(19,20)14-7-5-13(6-8-14)15(18)21-4-2/h5-8H,3-4,9-12H2,1-2H3. The average Bonchev–Trinajstić information content (AvgIpc) is 2.55. The zero-order valence-corrected chi connectivity index (χ0v) is 13.8. The zero-order valence-electron chi connectivity index (χ0n) is 13.0. The predicted octanol–water partition coefficient (Wildman–Crippen LogP) is 1.19. The first-order chi connectivity index (χ1) is 10.5. The molecule has 1 saturated heterocycles. The average molecular weight is 326 g/mol. The Labute approximate surface area is 131 Å². The zero-order chi connectivity index (χ0) is 16.2. The van der Waals surface area contributed by atoms with Crippen molar-refractivity contribution in [1.29, 1.82) is 0 Å². The molecule has 2 rings (SSSR count). The Bertz CT molecular complexity index is 605. The molecule has 6 nitrogen and oxygen atoms in total. The van der Waals surface area contributed by atoms with E-state index in [0.29, 0.717) is 25.3 Å². The first kappa shape index (κ1) is 16.9. The molecule has 22 heavy (non-hydrogen) atoms. The van der Waals surface area contributed by atoms with Crippen molar-refractivity contribution in [3.05, 3.63) is 29.8 Å². The summed E-state index contributed by atoms with van der Waals surface area (Å²) in [4.78, 5) is 14.0. The molecule has 0 unspecified atom stereocenters. The van der Waals surface area contributed by atoms with E-state index in [0.717, 1.165) is 19.6 Å². The van der Waals surface area contributed by atoms with Gasteiger partial charge in [-0.15, -0.1) is 0 Å². The molecule has 0 aromatic heterocycles. The molecule has 0 amide bonds. The summed E-state index contributed by atoms with van der Waals surface area (Å²) in [6.07, 6.45) is 0. The summed E-state index contributed by atoms with van der Waals surface area (Å²) in [5.41, 5.74) is 0.358. The molecule has 1 aromatic carbocycles. The number of nitrogens with zero attached hydrogens (tertiary/aromatic N) is 2. The first-order valence-electron chi connectivity index (χ1n) is 7.48. The number of esters is 1. The highest BCUT2D eigenvalue weighted by Crippen LogP contribution is 2.18. The quantitative estimate of drug-likeness (QED) is 0.761. The topological polar surface area (TPSA) is 66.9 Å². The number of sulfonamides is 1. The number of carbonyl (C=O) groups is 1. The van der Waals surface area contributed by atoms with Crippen LogP contribution in [0.2, 0.25) is 0 Å². The highest BCUT2D eigenvalue weighted by molar-refractivity contribution is 7.89. The number of piperazine rings is 1. The van der Waals surface area contributed by atoms with Crippen molar-refractivity contribution >= 4 is 16.0 Å². The summed E-state index contributed by atoms with van der Waals surface area (Å²) in [6, 6.07) is 5.92. The fraction of sp³-hybridized carbons (Fsp3) is 0.533. The third-order valence-corrected chi connectivity index (χ3v) is 5.69.